The van der Waals surface area contributed by atoms with E-state index < -0.39 is 0 Å². The van der Waals surface area contributed by atoms with Crippen molar-refractivity contribution in [3.8, 4) is 0 Å². The van der Waals surface area contributed by atoms with E-state index in [9.17, 15) is 4.79 Å². The topological polar surface area (TPSA) is 26.3 Å². The predicted molar refractivity (Wildman–Crippen MR) is 92.2 cm³/mol. The van der Waals surface area contributed by atoms with Gasteiger partial charge in [0.1, 0.15) is 0 Å². The molecule has 112 valence electrons. The van der Waals surface area contributed by atoms with Crippen molar-refractivity contribution in [3.63, 3.8) is 0 Å². The van der Waals surface area contributed by atoms with E-state index in [1.807, 2.05) is 42.5 Å². The summed E-state index contributed by atoms with van der Waals surface area (Å²) < 4.78 is 5.99. The summed E-state index contributed by atoms with van der Waals surface area (Å²) in [6, 6.07) is 13.6. The Hall–Kier alpha value is -1.84. The molecular weight excluding hydrogens is 316 g/mol. The third-order valence-electron chi connectivity index (χ3n) is 3.74. The second-order valence-electron chi connectivity index (χ2n) is 5.11. The minimum atomic E-state index is -0.311. The summed E-state index contributed by atoms with van der Waals surface area (Å²) in [5.41, 5.74) is 2.89. The fraction of sp³-hybridized carbons (Fsp3) is 0.167. The summed E-state index contributed by atoms with van der Waals surface area (Å²) in [6.45, 7) is 2.11. The van der Waals surface area contributed by atoms with Crippen molar-refractivity contribution in [2.45, 2.75) is 13.3 Å². The smallest absolute Gasteiger partial charge is 0.337 e. The molecule has 0 saturated carbocycles. The van der Waals surface area contributed by atoms with E-state index in [1.165, 1.54) is 22.3 Å². The van der Waals surface area contributed by atoms with Crippen LogP contribution in [0.15, 0.2) is 42.5 Å². The van der Waals surface area contributed by atoms with Gasteiger partial charge in [-0.25, -0.2) is 4.79 Å². The highest BCUT2D eigenvalue weighted by Crippen LogP contribution is 2.34. The van der Waals surface area contributed by atoms with Gasteiger partial charge in [-0.1, -0.05) is 29.8 Å². The van der Waals surface area contributed by atoms with Crippen LogP contribution in [0.2, 0.25) is 5.02 Å². The van der Waals surface area contributed by atoms with E-state index in [-0.39, 0.29) is 5.97 Å². The fourth-order valence-corrected chi connectivity index (χ4v) is 3.83. The largest absolute Gasteiger partial charge is 0.465 e. The lowest BCUT2D eigenvalue weighted by molar-refractivity contribution is 0.0601. The van der Waals surface area contributed by atoms with Gasteiger partial charge in [-0.15, -0.1) is 11.3 Å². The van der Waals surface area contributed by atoms with Crippen molar-refractivity contribution in [1.29, 1.82) is 0 Å². The van der Waals surface area contributed by atoms with Crippen LogP contribution in [0.5, 0.6) is 0 Å². The lowest BCUT2D eigenvalue weighted by atomic mass is 10.0. The molecule has 0 fully saturated rings. The van der Waals surface area contributed by atoms with Gasteiger partial charge in [-0.2, -0.15) is 0 Å². The quantitative estimate of drug-likeness (QED) is 0.614. The maximum absolute atomic E-state index is 11.7. The van der Waals surface area contributed by atoms with Gasteiger partial charge < -0.3 is 4.74 Å². The minimum absolute atomic E-state index is 0.311. The van der Waals surface area contributed by atoms with E-state index in [2.05, 4.69) is 6.92 Å². The van der Waals surface area contributed by atoms with Crippen LogP contribution in [0.25, 0.3) is 10.1 Å². The number of rotatable bonds is 3. The molecule has 0 aliphatic heterocycles. The molecule has 0 saturated heterocycles. The zero-order valence-corrected chi connectivity index (χ0v) is 13.9. The highest BCUT2D eigenvalue weighted by molar-refractivity contribution is 7.19. The molecule has 2 nitrogen and oxygen atoms in total. The van der Waals surface area contributed by atoms with E-state index in [0.717, 1.165) is 22.4 Å². The van der Waals surface area contributed by atoms with E-state index >= 15 is 0 Å². The third-order valence-corrected chi connectivity index (χ3v) is 5.24. The van der Waals surface area contributed by atoms with Gasteiger partial charge in [0.05, 0.1) is 12.7 Å². The Morgan fingerprint density at radius 1 is 1.23 bits per heavy atom. The first-order chi connectivity index (χ1) is 10.6. The molecule has 0 bridgehead atoms. The first-order valence-corrected chi connectivity index (χ1v) is 8.13. The lowest BCUT2D eigenvalue weighted by Gasteiger charge is -2.06. The van der Waals surface area contributed by atoms with Crippen molar-refractivity contribution in [1.82, 2.24) is 0 Å². The number of ether oxygens (including phenoxy) is 1. The van der Waals surface area contributed by atoms with Crippen LogP contribution >= 0.6 is 22.9 Å². The highest BCUT2D eigenvalue weighted by Gasteiger charge is 2.14. The summed E-state index contributed by atoms with van der Waals surface area (Å²) in [6.07, 6.45) is 0.760. The van der Waals surface area contributed by atoms with E-state index in [0.29, 0.717) is 5.56 Å². The average Bonchev–Trinajstić information content (AvgIpc) is 2.84. The Morgan fingerprint density at radius 3 is 2.73 bits per heavy atom. The maximum Gasteiger partial charge on any atom is 0.337 e. The third kappa shape index (κ3) is 2.74. The monoisotopic (exact) mass is 330 g/mol. The molecule has 0 aliphatic carbocycles. The number of carbonyl (C=O) groups is 1. The number of benzene rings is 2. The van der Waals surface area contributed by atoms with Gasteiger partial charge in [-0.3, -0.25) is 0 Å². The number of esters is 1. The SMILES string of the molecule is COC(=O)c1ccc2sc(C)c(Cc3ccccc3Cl)c2c1. The molecule has 0 radical (unpaired) electrons. The Balaban J connectivity index is 2.10. The Bertz CT molecular complexity index is 851. The molecule has 1 heterocycles. The number of hydrogen-bond donors (Lipinski definition) is 0. The van der Waals surface area contributed by atoms with Crippen LogP contribution in [-0.4, -0.2) is 13.1 Å². The zero-order chi connectivity index (χ0) is 15.7. The van der Waals surface area contributed by atoms with Gasteiger partial charge >= 0.3 is 5.97 Å². The number of aryl methyl sites for hydroxylation is 1. The second-order valence-corrected chi connectivity index (χ2v) is 6.77. The summed E-state index contributed by atoms with van der Waals surface area (Å²) in [5, 5.41) is 1.87. The van der Waals surface area contributed by atoms with E-state index in [4.69, 9.17) is 16.3 Å². The Kier molecular flexibility index (Phi) is 4.19. The number of thiophene rings is 1. The average molecular weight is 331 g/mol. The van der Waals surface area contributed by atoms with Gasteiger partial charge in [0.25, 0.3) is 0 Å². The molecule has 3 aromatic rings. The van der Waals surface area contributed by atoms with E-state index in [1.54, 1.807) is 11.3 Å². The van der Waals surface area contributed by atoms with Gasteiger partial charge in [0, 0.05) is 21.0 Å². The standard InChI is InChI=1S/C18H15ClO2S/c1-11-14(9-12-5-3-4-6-16(12)19)15-10-13(18(20)21-2)7-8-17(15)22-11/h3-8,10H,9H2,1-2H3. The molecule has 22 heavy (non-hydrogen) atoms. The predicted octanol–water partition coefficient (Wildman–Crippen LogP) is 5.24. The van der Waals surface area contributed by atoms with Crippen LogP contribution in [-0.2, 0) is 11.2 Å². The number of hydrogen-bond acceptors (Lipinski definition) is 3. The Labute approximate surface area is 138 Å². The van der Waals surface area contributed by atoms with Crippen molar-refractivity contribution in [2.24, 2.45) is 0 Å². The summed E-state index contributed by atoms with van der Waals surface area (Å²) in [5.74, 6) is -0.311. The minimum Gasteiger partial charge on any atom is -0.465 e. The fourth-order valence-electron chi connectivity index (χ4n) is 2.57. The van der Waals surface area contributed by atoms with Crippen LogP contribution in [0.1, 0.15) is 26.4 Å². The molecule has 0 amide bonds. The lowest BCUT2D eigenvalue weighted by Crippen LogP contribution is -2.00. The number of fused-ring (bicyclic) bond motifs is 1. The molecule has 0 aliphatic rings. The van der Waals surface area contributed by atoms with Crippen molar-refractivity contribution >= 4 is 39.0 Å². The van der Waals surface area contributed by atoms with Gasteiger partial charge in [0.15, 0.2) is 0 Å². The summed E-state index contributed by atoms with van der Waals surface area (Å²) in [7, 11) is 1.40. The molecule has 0 atom stereocenters. The van der Waals surface area contributed by atoms with Gasteiger partial charge in [0.2, 0.25) is 0 Å². The van der Waals surface area contributed by atoms with Crippen LogP contribution < -0.4 is 0 Å². The number of methoxy groups -OCH3 is 1. The van der Waals surface area contributed by atoms with Crippen molar-refractivity contribution < 1.29 is 9.53 Å². The first-order valence-electron chi connectivity index (χ1n) is 6.94. The van der Waals surface area contributed by atoms with Gasteiger partial charge in [-0.05, 0) is 47.7 Å². The molecule has 0 unspecified atom stereocenters. The van der Waals surface area contributed by atoms with Crippen LogP contribution in [0.4, 0.5) is 0 Å². The second kappa shape index (κ2) is 6.11. The zero-order valence-electron chi connectivity index (χ0n) is 12.4. The van der Waals surface area contributed by atoms with Crippen molar-refractivity contribution in [2.75, 3.05) is 7.11 Å². The molecule has 4 heteroatoms. The maximum atomic E-state index is 11.7. The molecular formula is C18H15ClO2S. The molecule has 0 N–H and O–H groups in total. The first kappa shape index (κ1) is 15.1. The Morgan fingerprint density at radius 2 is 2.00 bits per heavy atom. The normalized spacial score (nSPS) is 10.9. The highest BCUT2D eigenvalue weighted by atomic mass is 35.5. The van der Waals surface area contributed by atoms with Crippen LogP contribution in [0.3, 0.4) is 0 Å². The number of halogens is 1. The number of carbonyl (C=O) groups excluding carboxylic acids is 1. The molecule has 0 spiro atoms. The van der Waals surface area contributed by atoms with Crippen LogP contribution in [0, 0.1) is 6.92 Å². The molecule has 3 rings (SSSR count). The summed E-state index contributed by atoms with van der Waals surface area (Å²) in [4.78, 5) is 13.0. The summed E-state index contributed by atoms with van der Waals surface area (Å²) >= 11 is 8.01. The molecule has 2 aromatic carbocycles. The van der Waals surface area contributed by atoms with Crippen molar-refractivity contribution in [3.05, 3.63) is 69.1 Å². The molecule has 1 aromatic heterocycles.